The second-order valence-corrected chi connectivity index (χ2v) is 5.30. The Balaban J connectivity index is 1.86. The van der Waals surface area contributed by atoms with Crippen LogP contribution in [0.25, 0.3) is 0 Å². The van der Waals surface area contributed by atoms with Crippen LogP contribution < -0.4 is 5.32 Å². The molecule has 0 atom stereocenters. The number of hydrogen-bond acceptors (Lipinski definition) is 2. The number of aryl methyl sites for hydroxylation is 1. The average molecular weight is 309 g/mol. The molecule has 0 unspecified atom stereocenters. The van der Waals surface area contributed by atoms with E-state index >= 15 is 0 Å². The normalized spacial score (nSPS) is 11.7. The quantitative estimate of drug-likeness (QED) is 0.674. The van der Waals surface area contributed by atoms with Crippen molar-refractivity contribution < 1.29 is 0 Å². The molecule has 0 aliphatic rings. The summed E-state index contributed by atoms with van der Waals surface area (Å²) in [6.07, 6.45) is 5.62. The lowest BCUT2D eigenvalue weighted by atomic mass is 10.4. The van der Waals surface area contributed by atoms with Gasteiger partial charge in [-0.2, -0.15) is 5.10 Å². The second-order valence-electron chi connectivity index (χ2n) is 4.86. The van der Waals surface area contributed by atoms with Gasteiger partial charge in [-0.25, -0.2) is 0 Å². The van der Waals surface area contributed by atoms with Crippen molar-refractivity contribution in [2.45, 2.75) is 13.1 Å². The fourth-order valence-corrected chi connectivity index (χ4v) is 2.41. The molecule has 0 saturated carbocycles. The highest BCUT2D eigenvalue weighted by Crippen LogP contribution is 2.14. The van der Waals surface area contributed by atoms with Gasteiger partial charge in [-0.1, -0.05) is 11.6 Å². The van der Waals surface area contributed by atoms with Crippen LogP contribution in [0, 0.1) is 0 Å². The van der Waals surface area contributed by atoms with Crippen molar-refractivity contribution in [3.05, 3.63) is 41.4 Å². The van der Waals surface area contributed by atoms with E-state index < -0.39 is 0 Å². The summed E-state index contributed by atoms with van der Waals surface area (Å²) in [6.45, 7) is 2.31. The number of hydrogen-bond donors (Lipinski definition) is 1. The van der Waals surface area contributed by atoms with Crippen molar-refractivity contribution in [2.75, 3.05) is 20.6 Å². The maximum absolute atomic E-state index is 6.01. The lowest BCUT2D eigenvalue weighted by molar-refractivity contribution is 0.457. The van der Waals surface area contributed by atoms with Crippen LogP contribution in [0.1, 0.15) is 5.69 Å². The molecule has 0 fully saturated rings. The Kier molecular flexibility index (Phi) is 5.27. The summed E-state index contributed by atoms with van der Waals surface area (Å²) in [5.74, 6) is 0.847. The minimum absolute atomic E-state index is 0.741. The molecule has 7 heteroatoms. The molecule has 0 aliphatic carbocycles. The first-order chi connectivity index (χ1) is 10.1. The Morgan fingerprint density at radius 3 is 2.90 bits per heavy atom. The van der Waals surface area contributed by atoms with E-state index in [0.717, 1.165) is 36.3 Å². The molecule has 0 aliphatic heterocycles. The van der Waals surface area contributed by atoms with Gasteiger partial charge in [-0.3, -0.25) is 9.67 Å². The van der Waals surface area contributed by atoms with Crippen molar-refractivity contribution in [2.24, 2.45) is 12.0 Å². The lowest BCUT2D eigenvalue weighted by Gasteiger charge is -2.22. The van der Waals surface area contributed by atoms with Crippen molar-refractivity contribution in [1.82, 2.24) is 24.6 Å². The van der Waals surface area contributed by atoms with Gasteiger partial charge in [-0.15, -0.1) is 0 Å². The van der Waals surface area contributed by atoms with Crippen LogP contribution in [0.2, 0.25) is 5.02 Å². The predicted molar refractivity (Wildman–Crippen MR) is 85.5 cm³/mol. The summed E-state index contributed by atoms with van der Waals surface area (Å²) in [7, 11) is 5.78. The average Bonchev–Trinajstić information content (AvgIpc) is 3.05. The Morgan fingerprint density at radius 2 is 2.33 bits per heavy atom. The third-order valence-electron chi connectivity index (χ3n) is 3.23. The SMILES string of the molecule is CN=C(NCCn1cccn1)N(C)Cc1cc(Cl)cn1C. The molecule has 6 nitrogen and oxygen atoms in total. The predicted octanol–water partition coefficient (Wildman–Crippen LogP) is 1.58. The minimum Gasteiger partial charge on any atom is -0.354 e. The lowest BCUT2D eigenvalue weighted by Crippen LogP contribution is -2.40. The first kappa shape index (κ1) is 15.4. The third-order valence-corrected chi connectivity index (χ3v) is 3.44. The summed E-state index contributed by atoms with van der Waals surface area (Å²) in [4.78, 5) is 6.36. The Bertz CT molecular complexity index is 587. The molecule has 0 aromatic carbocycles. The Hall–Kier alpha value is -1.95. The van der Waals surface area contributed by atoms with Crippen LogP contribution in [-0.2, 0) is 20.1 Å². The van der Waals surface area contributed by atoms with Crippen LogP contribution in [0.3, 0.4) is 0 Å². The van der Waals surface area contributed by atoms with Gasteiger partial charge in [0.25, 0.3) is 0 Å². The number of aromatic nitrogens is 3. The summed E-state index contributed by atoms with van der Waals surface area (Å²) in [5, 5.41) is 8.25. The molecule has 0 bridgehead atoms. The molecule has 0 saturated heterocycles. The molecule has 0 spiro atoms. The van der Waals surface area contributed by atoms with Crippen molar-refractivity contribution >= 4 is 17.6 Å². The number of guanidine groups is 1. The minimum atomic E-state index is 0.741. The molecule has 21 heavy (non-hydrogen) atoms. The Labute approximate surface area is 130 Å². The van der Waals surface area contributed by atoms with Crippen molar-refractivity contribution in [3.8, 4) is 0 Å². The van der Waals surface area contributed by atoms with E-state index in [2.05, 4.69) is 20.3 Å². The van der Waals surface area contributed by atoms with Gasteiger partial charge in [0.05, 0.1) is 18.1 Å². The molecule has 114 valence electrons. The zero-order valence-corrected chi connectivity index (χ0v) is 13.4. The van der Waals surface area contributed by atoms with E-state index in [1.807, 2.05) is 47.9 Å². The molecule has 2 aromatic heterocycles. The highest BCUT2D eigenvalue weighted by atomic mass is 35.5. The summed E-state index contributed by atoms with van der Waals surface area (Å²) in [6, 6.07) is 3.88. The molecule has 2 rings (SSSR count). The van der Waals surface area contributed by atoms with Gasteiger partial charge in [0.15, 0.2) is 5.96 Å². The largest absolute Gasteiger partial charge is 0.354 e. The van der Waals surface area contributed by atoms with Gasteiger partial charge in [-0.05, 0) is 12.1 Å². The summed E-state index contributed by atoms with van der Waals surface area (Å²) >= 11 is 6.01. The molecule has 2 aromatic rings. The Morgan fingerprint density at radius 1 is 1.52 bits per heavy atom. The van der Waals surface area contributed by atoms with Gasteiger partial charge in [0, 0.05) is 52.0 Å². The van der Waals surface area contributed by atoms with Crippen LogP contribution >= 0.6 is 11.6 Å². The van der Waals surface area contributed by atoms with E-state index in [1.54, 1.807) is 13.2 Å². The van der Waals surface area contributed by atoms with Gasteiger partial charge in [0.1, 0.15) is 0 Å². The second kappa shape index (κ2) is 7.17. The fraction of sp³-hybridized carbons (Fsp3) is 0.429. The maximum atomic E-state index is 6.01. The monoisotopic (exact) mass is 308 g/mol. The van der Waals surface area contributed by atoms with Gasteiger partial charge >= 0.3 is 0 Å². The number of nitrogens with zero attached hydrogens (tertiary/aromatic N) is 5. The molecular formula is C14H21ClN6. The van der Waals surface area contributed by atoms with Crippen molar-refractivity contribution in [3.63, 3.8) is 0 Å². The van der Waals surface area contributed by atoms with Gasteiger partial charge in [0.2, 0.25) is 0 Å². The molecule has 0 radical (unpaired) electrons. The van der Waals surface area contributed by atoms with E-state index in [1.165, 1.54) is 0 Å². The third kappa shape index (κ3) is 4.26. The number of rotatable bonds is 5. The maximum Gasteiger partial charge on any atom is 0.193 e. The molecule has 2 heterocycles. The van der Waals surface area contributed by atoms with E-state index in [0.29, 0.717) is 0 Å². The molecule has 0 amide bonds. The van der Waals surface area contributed by atoms with Crippen LogP contribution in [0.5, 0.6) is 0 Å². The molecular weight excluding hydrogens is 288 g/mol. The highest BCUT2D eigenvalue weighted by Gasteiger charge is 2.09. The first-order valence-corrected chi connectivity index (χ1v) is 7.18. The topological polar surface area (TPSA) is 50.4 Å². The standard InChI is InChI=1S/C14H21ClN6/c1-16-14(17-6-8-21-7-4-5-18-21)20(3)11-13-9-12(15)10-19(13)2/h4-5,7,9-10H,6,8,11H2,1-3H3,(H,16,17). The number of aliphatic imine (C=N–C) groups is 1. The summed E-state index contributed by atoms with van der Waals surface area (Å²) in [5.41, 5.74) is 1.14. The first-order valence-electron chi connectivity index (χ1n) is 6.80. The van der Waals surface area contributed by atoms with E-state index in [-0.39, 0.29) is 0 Å². The summed E-state index contributed by atoms with van der Waals surface area (Å²) < 4.78 is 3.91. The zero-order valence-electron chi connectivity index (χ0n) is 12.6. The van der Waals surface area contributed by atoms with Crippen LogP contribution in [0.15, 0.2) is 35.7 Å². The molecule has 1 N–H and O–H groups in total. The number of halogens is 1. The highest BCUT2D eigenvalue weighted by molar-refractivity contribution is 6.30. The van der Waals surface area contributed by atoms with Crippen LogP contribution in [0.4, 0.5) is 0 Å². The van der Waals surface area contributed by atoms with Crippen molar-refractivity contribution in [1.29, 1.82) is 0 Å². The van der Waals surface area contributed by atoms with E-state index in [4.69, 9.17) is 11.6 Å². The fourth-order valence-electron chi connectivity index (χ4n) is 2.14. The van der Waals surface area contributed by atoms with E-state index in [9.17, 15) is 0 Å². The van der Waals surface area contributed by atoms with Crippen LogP contribution in [-0.4, -0.2) is 45.8 Å². The smallest absolute Gasteiger partial charge is 0.193 e. The van der Waals surface area contributed by atoms with Gasteiger partial charge < -0.3 is 14.8 Å². The number of nitrogens with one attached hydrogen (secondary N) is 1. The zero-order chi connectivity index (χ0) is 15.2.